The summed E-state index contributed by atoms with van der Waals surface area (Å²) in [6, 6.07) is 7.69. The zero-order valence-electron chi connectivity index (χ0n) is 8.33. The first kappa shape index (κ1) is 10.5. The number of nitrogens with zero attached hydrogens (tertiary/aromatic N) is 1. The minimum atomic E-state index is 0.759. The van der Waals surface area contributed by atoms with Crippen molar-refractivity contribution in [1.82, 2.24) is 4.98 Å². The summed E-state index contributed by atoms with van der Waals surface area (Å²) in [5.74, 6) is 0. The lowest BCUT2D eigenvalue weighted by Crippen LogP contribution is -1.96. The Labute approximate surface area is 97.9 Å². The number of anilines is 1. The molecule has 1 aromatic heterocycles. The van der Waals surface area contributed by atoms with Crippen molar-refractivity contribution in [2.45, 2.75) is 13.5 Å². The zero-order valence-corrected chi connectivity index (χ0v) is 9.90. The first-order chi connectivity index (χ1) is 7.24. The van der Waals surface area contributed by atoms with Crippen LogP contribution in [0, 0.1) is 6.92 Å². The number of benzene rings is 1. The van der Waals surface area contributed by atoms with E-state index in [9.17, 15) is 0 Å². The molecule has 2 nitrogen and oxygen atoms in total. The number of thiazole rings is 1. The van der Waals surface area contributed by atoms with Gasteiger partial charge in [0.05, 0.1) is 11.6 Å². The Morgan fingerprint density at radius 1 is 1.33 bits per heavy atom. The highest BCUT2D eigenvalue weighted by molar-refractivity contribution is 7.11. The van der Waals surface area contributed by atoms with E-state index in [0.717, 1.165) is 22.3 Å². The molecule has 0 unspecified atom stereocenters. The van der Waals surface area contributed by atoms with Crippen LogP contribution in [0.4, 0.5) is 5.69 Å². The molecule has 1 aromatic carbocycles. The summed E-state index contributed by atoms with van der Waals surface area (Å²) in [5.41, 5.74) is 1.07. The Morgan fingerprint density at radius 3 is 2.67 bits per heavy atom. The Morgan fingerprint density at radius 2 is 2.07 bits per heavy atom. The van der Waals surface area contributed by atoms with Crippen LogP contribution in [0.15, 0.2) is 30.5 Å². The molecule has 15 heavy (non-hydrogen) atoms. The van der Waals surface area contributed by atoms with Crippen molar-refractivity contribution < 1.29 is 0 Å². The largest absolute Gasteiger partial charge is 0.380 e. The minimum absolute atomic E-state index is 0.759. The van der Waals surface area contributed by atoms with Gasteiger partial charge in [0, 0.05) is 21.8 Å². The zero-order chi connectivity index (χ0) is 10.7. The molecule has 0 spiro atoms. The second-order valence-electron chi connectivity index (χ2n) is 3.21. The van der Waals surface area contributed by atoms with Gasteiger partial charge < -0.3 is 5.32 Å². The summed E-state index contributed by atoms with van der Waals surface area (Å²) in [6.07, 6.45) is 1.91. The number of hydrogen-bond donors (Lipinski definition) is 1. The topological polar surface area (TPSA) is 24.9 Å². The number of hydrogen-bond acceptors (Lipinski definition) is 3. The lowest BCUT2D eigenvalue weighted by atomic mass is 10.3. The second kappa shape index (κ2) is 4.64. The van der Waals surface area contributed by atoms with Gasteiger partial charge in [-0.1, -0.05) is 11.6 Å². The fourth-order valence-corrected chi connectivity index (χ4v) is 2.10. The van der Waals surface area contributed by atoms with Crippen LogP contribution < -0.4 is 5.32 Å². The molecular weight excluding hydrogens is 228 g/mol. The highest BCUT2D eigenvalue weighted by Crippen LogP contribution is 2.16. The molecule has 0 aliphatic heterocycles. The molecule has 0 amide bonds. The SMILES string of the molecule is Cc1ncc(CNc2ccc(Cl)cc2)s1. The number of aryl methyl sites for hydroxylation is 1. The minimum Gasteiger partial charge on any atom is -0.380 e. The smallest absolute Gasteiger partial charge is 0.0897 e. The van der Waals surface area contributed by atoms with Crippen molar-refractivity contribution in [1.29, 1.82) is 0 Å². The van der Waals surface area contributed by atoms with E-state index in [2.05, 4.69) is 10.3 Å². The maximum Gasteiger partial charge on any atom is 0.0897 e. The molecule has 0 bridgehead atoms. The van der Waals surface area contributed by atoms with Crippen LogP contribution in [0.3, 0.4) is 0 Å². The van der Waals surface area contributed by atoms with E-state index in [1.807, 2.05) is 37.4 Å². The maximum absolute atomic E-state index is 5.80. The Balaban J connectivity index is 1.96. The normalized spacial score (nSPS) is 10.3. The summed E-state index contributed by atoms with van der Waals surface area (Å²) in [4.78, 5) is 5.44. The highest BCUT2D eigenvalue weighted by atomic mass is 35.5. The predicted octanol–water partition coefficient (Wildman–Crippen LogP) is 3.72. The number of nitrogens with one attached hydrogen (secondary N) is 1. The van der Waals surface area contributed by atoms with E-state index in [1.54, 1.807) is 11.3 Å². The summed E-state index contributed by atoms with van der Waals surface area (Å²) in [5, 5.41) is 5.17. The highest BCUT2D eigenvalue weighted by Gasteiger charge is 1.97. The van der Waals surface area contributed by atoms with Crippen LogP contribution in [-0.4, -0.2) is 4.98 Å². The lowest BCUT2D eigenvalue weighted by Gasteiger charge is -2.03. The van der Waals surface area contributed by atoms with E-state index in [0.29, 0.717) is 0 Å². The first-order valence-corrected chi connectivity index (χ1v) is 5.84. The number of aromatic nitrogens is 1. The van der Waals surface area contributed by atoms with Gasteiger partial charge in [0.15, 0.2) is 0 Å². The van der Waals surface area contributed by atoms with Gasteiger partial charge in [-0.15, -0.1) is 11.3 Å². The van der Waals surface area contributed by atoms with Crippen LogP contribution in [0.25, 0.3) is 0 Å². The van der Waals surface area contributed by atoms with Crippen molar-refractivity contribution in [2.24, 2.45) is 0 Å². The summed E-state index contributed by atoms with van der Waals surface area (Å²) in [7, 11) is 0. The molecule has 78 valence electrons. The molecule has 0 aliphatic carbocycles. The average molecular weight is 239 g/mol. The van der Waals surface area contributed by atoms with E-state index in [-0.39, 0.29) is 0 Å². The molecule has 0 fully saturated rings. The van der Waals surface area contributed by atoms with Gasteiger partial charge >= 0.3 is 0 Å². The predicted molar refractivity (Wildman–Crippen MR) is 65.6 cm³/mol. The van der Waals surface area contributed by atoms with Gasteiger partial charge in [-0.05, 0) is 31.2 Å². The summed E-state index contributed by atoms with van der Waals surface area (Å²) < 4.78 is 0. The lowest BCUT2D eigenvalue weighted by molar-refractivity contribution is 1.17. The molecule has 1 N–H and O–H groups in total. The molecule has 0 atom stereocenters. The summed E-state index contributed by atoms with van der Waals surface area (Å²) >= 11 is 7.51. The fraction of sp³-hybridized carbons (Fsp3) is 0.182. The quantitative estimate of drug-likeness (QED) is 0.882. The van der Waals surface area contributed by atoms with E-state index in [4.69, 9.17) is 11.6 Å². The molecule has 0 radical (unpaired) electrons. The third-order valence-corrected chi connectivity index (χ3v) is 3.14. The van der Waals surface area contributed by atoms with Crippen molar-refractivity contribution in [3.8, 4) is 0 Å². The number of rotatable bonds is 3. The Kier molecular flexibility index (Phi) is 3.23. The Bertz CT molecular complexity index is 436. The van der Waals surface area contributed by atoms with Crippen LogP contribution in [-0.2, 0) is 6.54 Å². The van der Waals surface area contributed by atoms with Crippen molar-refractivity contribution in [2.75, 3.05) is 5.32 Å². The van der Waals surface area contributed by atoms with Crippen LogP contribution >= 0.6 is 22.9 Å². The average Bonchev–Trinajstić information content (AvgIpc) is 2.64. The Hall–Kier alpha value is -1.06. The van der Waals surface area contributed by atoms with Gasteiger partial charge in [0.1, 0.15) is 0 Å². The van der Waals surface area contributed by atoms with Crippen molar-refractivity contribution in [3.63, 3.8) is 0 Å². The molecular formula is C11H11ClN2S. The van der Waals surface area contributed by atoms with Gasteiger partial charge in [0.25, 0.3) is 0 Å². The molecule has 0 saturated carbocycles. The van der Waals surface area contributed by atoms with E-state index in [1.165, 1.54) is 4.88 Å². The van der Waals surface area contributed by atoms with Gasteiger partial charge in [-0.3, -0.25) is 0 Å². The number of halogens is 1. The third-order valence-electron chi connectivity index (χ3n) is 1.98. The van der Waals surface area contributed by atoms with Crippen molar-refractivity contribution in [3.05, 3.63) is 45.4 Å². The second-order valence-corrected chi connectivity index (χ2v) is 4.96. The first-order valence-electron chi connectivity index (χ1n) is 4.65. The molecule has 1 heterocycles. The molecule has 0 saturated heterocycles. The monoisotopic (exact) mass is 238 g/mol. The fourth-order valence-electron chi connectivity index (χ4n) is 1.24. The molecule has 2 aromatic rings. The van der Waals surface area contributed by atoms with Gasteiger partial charge in [-0.25, -0.2) is 4.98 Å². The van der Waals surface area contributed by atoms with Gasteiger partial charge in [-0.2, -0.15) is 0 Å². The molecule has 4 heteroatoms. The van der Waals surface area contributed by atoms with E-state index < -0.39 is 0 Å². The van der Waals surface area contributed by atoms with Crippen LogP contribution in [0.5, 0.6) is 0 Å². The third kappa shape index (κ3) is 2.94. The van der Waals surface area contributed by atoms with Crippen molar-refractivity contribution >= 4 is 28.6 Å². The maximum atomic E-state index is 5.80. The standard InChI is InChI=1S/C11H11ClN2S/c1-8-13-6-11(15-8)7-14-10-4-2-9(12)3-5-10/h2-6,14H,7H2,1H3. The molecule has 0 aliphatic rings. The van der Waals surface area contributed by atoms with Gasteiger partial charge in [0.2, 0.25) is 0 Å². The van der Waals surface area contributed by atoms with Crippen LogP contribution in [0.1, 0.15) is 9.88 Å². The molecule has 2 rings (SSSR count). The summed E-state index contributed by atoms with van der Waals surface area (Å²) in [6.45, 7) is 2.82. The van der Waals surface area contributed by atoms with Crippen LogP contribution in [0.2, 0.25) is 5.02 Å². The van der Waals surface area contributed by atoms with E-state index >= 15 is 0 Å².